The number of anilines is 2. The quantitative estimate of drug-likeness (QED) is 0.624. The Kier molecular flexibility index (Phi) is 7.18. The van der Waals surface area contributed by atoms with E-state index < -0.39 is 32.0 Å². The summed E-state index contributed by atoms with van der Waals surface area (Å²) in [6, 6.07) is 10.5. The van der Waals surface area contributed by atoms with Gasteiger partial charge in [-0.2, -0.15) is 17.0 Å². The monoisotopic (exact) mass is 484 g/mol. The van der Waals surface area contributed by atoms with Crippen LogP contribution in [0.4, 0.5) is 15.8 Å². The Hall–Kier alpha value is -2.54. The molecule has 0 aliphatic carbocycles. The van der Waals surface area contributed by atoms with Gasteiger partial charge in [0, 0.05) is 38.6 Å². The molecule has 0 bridgehead atoms. The van der Waals surface area contributed by atoms with Crippen LogP contribution in [0.1, 0.15) is 12.8 Å². The number of amides is 1. The first-order chi connectivity index (χ1) is 15.0. The maximum Gasteiger partial charge on any atom is 0.281 e. The zero-order valence-corrected chi connectivity index (χ0v) is 19.3. The molecule has 1 amide bonds. The number of halogens is 1. The first kappa shape index (κ1) is 24.1. The highest BCUT2D eigenvalue weighted by Gasteiger charge is 2.33. The third-order valence-corrected chi connectivity index (χ3v) is 8.38. The Bertz CT molecular complexity index is 1170. The number of hydrogen-bond donors (Lipinski definition) is 2. The predicted molar refractivity (Wildman–Crippen MR) is 119 cm³/mol. The molecule has 0 aromatic heterocycles. The number of nitrogens with zero attached hydrogens (tertiary/aromatic N) is 2. The lowest BCUT2D eigenvalue weighted by Crippen LogP contribution is -2.47. The molecule has 1 saturated heterocycles. The van der Waals surface area contributed by atoms with Gasteiger partial charge in [0.1, 0.15) is 5.82 Å². The lowest BCUT2D eigenvalue weighted by Gasteiger charge is -2.32. The maximum atomic E-state index is 13.0. The highest BCUT2D eigenvalue weighted by molar-refractivity contribution is 7.92. The smallest absolute Gasteiger partial charge is 0.281 e. The van der Waals surface area contributed by atoms with Crippen molar-refractivity contribution in [3.63, 3.8) is 0 Å². The van der Waals surface area contributed by atoms with E-state index in [-0.39, 0.29) is 23.0 Å². The van der Waals surface area contributed by atoms with Crippen molar-refractivity contribution in [1.29, 1.82) is 0 Å². The van der Waals surface area contributed by atoms with Gasteiger partial charge in [-0.15, -0.1) is 0 Å². The van der Waals surface area contributed by atoms with Crippen LogP contribution in [0.2, 0.25) is 0 Å². The van der Waals surface area contributed by atoms with Crippen molar-refractivity contribution >= 4 is 37.5 Å². The molecule has 0 saturated carbocycles. The molecular weight excluding hydrogens is 459 g/mol. The number of nitrogens with one attached hydrogen (secondary N) is 2. The Morgan fingerprint density at radius 3 is 2.19 bits per heavy atom. The molecule has 32 heavy (non-hydrogen) atoms. The van der Waals surface area contributed by atoms with E-state index in [4.69, 9.17) is 0 Å². The van der Waals surface area contributed by atoms with Crippen LogP contribution in [-0.2, 0) is 25.0 Å². The summed E-state index contributed by atoms with van der Waals surface area (Å²) in [4.78, 5) is 12.6. The van der Waals surface area contributed by atoms with Crippen molar-refractivity contribution in [2.75, 3.05) is 37.2 Å². The second-order valence-electron chi connectivity index (χ2n) is 7.61. The van der Waals surface area contributed by atoms with E-state index in [2.05, 4.69) is 10.0 Å². The van der Waals surface area contributed by atoms with E-state index in [1.807, 2.05) is 0 Å². The van der Waals surface area contributed by atoms with Gasteiger partial charge >= 0.3 is 0 Å². The van der Waals surface area contributed by atoms with Crippen LogP contribution in [-0.4, -0.2) is 58.5 Å². The molecule has 0 unspecified atom stereocenters. The molecule has 0 radical (unpaired) electrons. The van der Waals surface area contributed by atoms with E-state index in [0.717, 1.165) is 16.4 Å². The second kappa shape index (κ2) is 9.53. The molecule has 9 nitrogen and oxygen atoms in total. The predicted octanol–water partition coefficient (Wildman–Crippen LogP) is 2.08. The molecule has 1 atom stereocenters. The first-order valence-corrected chi connectivity index (χ1v) is 12.7. The highest BCUT2D eigenvalue weighted by Crippen LogP contribution is 2.23. The third kappa shape index (κ3) is 5.63. The Morgan fingerprint density at radius 1 is 1.00 bits per heavy atom. The fraction of sp³-hybridized carbons (Fsp3) is 0.350. The van der Waals surface area contributed by atoms with E-state index in [0.29, 0.717) is 25.1 Å². The van der Waals surface area contributed by atoms with Crippen LogP contribution in [0, 0.1) is 11.7 Å². The molecular formula is C20H25FN4O5S2. The average molecular weight is 485 g/mol. The van der Waals surface area contributed by atoms with Crippen molar-refractivity contribution in [2.24, 2.45) is 5.92 Å². The molecule has 1 aliphatic heterocycles. The normalized spacial score (nSPS) is 17.8. The van der Waals surface area contributed by atoms with Gasteiger partial charge in [-0.3, -0.25) is 9.52 Å². The van der Waals surface area contributed by atoms with Crippen molar-refractivity contribution in [1.82, 2.24) is 8.61 Å². The number of benzene rings is 2. The van der Waals surface area contributed by atoms with Crippen molar-refractivity contribution < 1.29 is 26.0 Å². The van der Waals surface area contributed by atoms with Gasteiger partial charge in [-0.25, -0.2) is 12.8 Å². The number of piperidine rings is 1. The largest absolute Gasteiger partial charge is 0.326 e. The highest BCUT2D eigenvalue weighted by atomic mass is 32.2. The number of carbonyl (C=O) groups excluding carboxylic acids is 1. The van der Waals surface area contributed by atoms with Gasteiger partial charge in [0.2, 0.25) is 5.91 Å². The number of rotatable bonds is 7. The van der Waals surface area contributed by atoms with Crippen LogP contribution in [0.3, 0.4) is 0 Å². The minimum absolute atomic E-state index is 0.0271. The summed E-state index contributed by atoms with van der Waals surface area (Å²) in [6.45, 7) is 0.443. The average Bonchev–Trinajstić information content (AvgIpc) is 2.75. The maximum absolute atomic E-state index is 13.0. The van der Waals surface area contributed by atoms with Gasteiger partial charge in [0.15, 0.2) is 0 Å². The van der Waals surface area contributed by atoms with Crippen LogP contribution in [0.5, 0.6) is 0 Å². The number of carbonyl (C=O) groups is 1. The van der Waals surface area contributed by atoms with E-state index in [9.17, 15) is 26.0 Å². The summed E-state index contributed by atoms with van der Waals surface area (Å²) in [5, 5.41) is 2.72. The molecule has 1 fully saturated rings. The summed E-state index contributed by atoms with van der Waals surface area (Å²) < 4.78 is 67.4. The summed E-state index contributed by atoms with van der Waals surface area (Å²) in [7, 11) is -4.60. The molecule has 2 N–H and O–H groups in total. The van der Waals surface area contributed by atoms with Crippen molar-refractivity contribution in [3.05, 3.63) is 54.3 Å². The molecule has 3 rings (SSSR count). The lowest BCUT2D eigenvalue weighted by atomic mass is 9.99. The van der Waals surface area contributed by atoms with Gasteiger partial charge in [0.05, 0.1) is 10.8 Å². The fourth-order valence-corrected chi connectivity index (χ4v) is 5.54. The van der Waals surface area contributed by atoms with Crippen molar-refractivity contribution in [2.45, 2.75) is 17.7 Å². The van der Waals surface area contributed by atoms with Gasteiger partial charge in [-0.05, 0) is 61.4 Å². The standard InChI is InChI=1S/C20H25FN4O5S2/c1-24(2)32(29,30)25-13-3-4-15(14-25)20(26)22-17-9-11-19(12-10-17)31(27,28)23-18-7-5-16(21)6-8-18/h5-12,15,23H,3-4,13-14H2,1-2H3,(H,22,26)/t15-/m0/s1. The third-order valence-electron chi connectivity index (χ3n) is 5.07. The zero-order valence-electron chi connectivity index (χ0n) is 17.7. The molecule has 0 spiro atoms. The first-order valence-electron chi connectivity index (χ1n) is 9.86. The lowest BCUT2D eigenvalue weighted by molar-refractivity contribution is -0.120. The Balaban J connectivity index is 1.65. The summed E-state index contributed by atoms with van der Waals surface area (Å²) in [6.07, 6.45) is 1.12. The SMILES string of the molecule is CN(C)S(=O)(=O)N1CCC[C@H](C(=O)Nc2ccc(S(=O)(=O)Nc3ccc(F)cc3)cc2)C1. The topological polar surface area (TPSA) is 116 Å². The molecule has 1 aliphatic rings. The van der Waals surface area contributed by atoms with Crippen LogP contribution >= 0.6 is 0 Å². The number of sulfonamides is 1. The summed E-state index contributed by atoms with van der Waals surface area (Å²) in [5.74, 6) is -1.32. The molecule has 12 heteroatoms. The van der Waals surface area contributed by atoms with E-state index >= 15 is 0 Å². The molecule has 2 aromatic rings. The second-order valence-corrected chi connectivity index (χ2v) is 11.4. The molecule has 1 heterocycles. The van der Waals surface area contributed by atoms with Gasteiger partial charge < -0.3 is 5.32 Å². The summed E-state index contributed by atoms with van der Waals surface area (Å²) in [5.41, 5.74) is 0.613. The molecule has 174 valence electrons. The van der Waals surface area contributed by atoms with E-state index in [1.165, 1.54) is 54.8 Å². The fourth-order valence-electron chi connectivity index (χ4n) is 3.29. The zero-order chi connectivity index (χ0) is 23.5. The Morgan fingerprint density at radius 2 is 1.59 bits per heavy atom. The summed E-state index contributed by atoms with van der Waals surface area (Å²) >= 11 is 0. The Labute approximate surface area is 187 Å². The van der Waals surface area contributed by atoms with Crippen molar-refractivity contribution in [3.8, 4) is 0 Å². The van der Waals surface area contributed by atoms with Gasteiger partial charge in [0.25, 0.3) is 20.2 Å². The van der Waals surface area contributed by atoms with Gasteiger partial charge in [-0.1, -0.05) is 0 Å². The minimum Gasteiger partial charge on any atom is -0.326 e. The van der Waals surface area contributed by atoms with E-state index in [1.54, 1.807) is 0 Å². The molecule has 2 aromatic carbocycles. The minimum atomic E-state index is -3.89. The number of hydrogen-bond acceptors (Lipinski definition) is 5. The van der Waals surface area contributed by atoms with Crippen LogP contribution in [0.25, 0.3) is 0 Å². The van der Waals surface area contributed by atoms with Crippen LogP contribution < -0.4 is 10.0 Å². The van der Waals surface area contributed by atoms with Crippen LogP contribution in [0.15, 0.2) is 53.4 Å².